The number of benzene rings is 2. The number of nitrogens with zero attached hydrogens (tertiary/aromatic N) is 1. The van der Waals surface area contributed by atoms with E-state index < -0.39 is 42.2 Å². The number of halogens is 3. The summed E-state index contributed by atoms with van der Waals surface area (Å²) in [4.78, 5) is -1.31. The topological polar surface area (TPSA) is 78.2 Å². The minimum absolute atomic E-state index is 0.0846. The molecule has 2 aromatic rings. The van der Waals surface area contributed by atoms with Gasteiger partial charge < -0.3 is 5.11 Å². The molecule has 0 radical (unpaired) electrons. The SMILES string of the molecule is CC(C)(C)c1cc(/C=C(\C#N)S(=O)(=O)c2cccc(C(F)(F)F)c2)cc(C(C)(C)C)c1O. The third kappa shape index (κ3) is 5.33. The molecule has 0 saturated carbocycles. The lowest BCUT2D eigenvalue weighted by Gasteiger charge is -2.28. The number of phenols is 1. The highest BCUT2D eigenvalue weighted by Gasteiger charge is 2.33. The number of allylic oxidation sites excluding steroid dienone is 1. The first-order valence-electron chi connectivity index (χ1n) is 9.81. The average Bonchev–Trinajstić information content (AvgIpc) is 2.64. The van der Waals surface area contributed by atoms with Crippen molar-refractivity contribution in [3.05, 3.63) is 63.6 Å². The summed E-state index contributed by atoms with van der Waals surface area (Å²) in [5.74, 6) is 0.0846. The number of rotatable bonds is 3. The second-order valence-electron chi connectivity index (χ2n) is 9.61. The van der Waals surface area contributed by atoms with Crippen molar-refractivity contribution in [1.29, 1.82) is 5.26 Å². The van der Waals surface area contributed by atoms with E-state index in [9.17, 15) is 32.0 Å². The molecule has 0 unspecified atom stereocenters. The summed E-state index contributed by atoms with van der Waals surface area (Å²) < 4.78 is 65.1. The molecule has 172 valence electrons. The van der Waals surface area contributed by atoms with Gasteiger partial charge in [0, 0.05) is 11.1 Å². The van der Waals surface area contributed by atoms with Crippen molar-refractivity contribution >= 4 is 15.9 Å². The van der Waals surface area contributed by atoms with E-state index in [1.807, 2.05) is 41.5 Å². The van der Waals surface area contributed by atoms with E-state index in [2.05, 4.69) is 0 Å². The predicted molar refractivity (Wildman–Crippen MR) is 118 cm³/mol. The lowest BCUT2D eigenvalue weighted by atomic mass is 9.78. The number of sulfone groups is 1. The van der Waals surface area contributed by atoms with Gasteiger partial charge in [0.2, 0.25) is 9.84 Å². The van der Waals surface area contributed by atoms with E-state index in [1.165, 1.54) is 0 Å². The number of phenolic OH excluding ortho intramolecular Hbond substituents is 1. The minimum atomic E-state index is -4.72. The van der Waals surface area contributed by atoms with Gasteiger partial charge in [0.05, 0.1) is 10.5 Å². The Morgan fingerprint density at radius 3 is 1.88 bits per heavy atom. The van der Waals surface area contributed by atoms with Gasteiger partial charge >= 0.3 is 6.18 Å². The largest absolute Gasteiger partial charge is 0.507 e. The average molecular weight is 466 g/mol. The highest BCUT2D eigenvalue weighted by molar-refractivity contribution is 7.95. The number of hydrogen-bond acceptors (Lipinski definition) is 4. The molecule has 2 rings (SSSR count). The number of aromatic hydroxyl groups is 1. The Bertz CT molecular complexity index is 1170. The van der Waals surface area contributed by atoms with Crippen LogP contribution in [0, 0.1) is 11.3 Å². The Morgan fingerprint density at radius 1 is 0.969 bits per heavy atom. The van der Waals surface area contributed by atoms with Gasteiger partial charge in [-0.2, -0.15) is 18.4 Å². The molecule has 4 nitrogen and oxygen atoms in total. The molecule has 0 heterocycles. The van der Waals surface area contributed by atoms with Crippen LogP contribution >= 0.6 is 0 Å². The molecule has 0 spiro atoms. The zero-order chi connectivity index (χ0) is 24.7. The van der Waals surface area contributed by atoms with Crippen molar-refractivity contribution in [2.24, 2.45) is 0 Å². The smallest absolute Gasteiger partial charge is 0.416 e. The van der Waals surface area contributed by atoms with E-state index in [1.54, 1.807) is 18.2 Å². The van der Waals surface area contributed by atoms with Gasteiger partial charge in [0.15, 0.2) is 0 Å². The van der Waals surface area contributed by atoms with Crippen LogP contribution in [0.15, 0.2) is 46.2 Å². The molecule has 1 N–H and O–H groups in total. The minimum Gasteiger partial charge on any atom is -0.507 e. The fourth-order valence-electron chi connectivity index (χ4n) is 3.17. The summed E-state index contributed by atoms with van der Waals surface area (Å²) >= 11 is 0. The molecule has 2 aromatic carbocycles. The van der Waals surface area contributed by atoms with Gasteiger partial charge in [0.1, 0.15) is 16.7 Å². The Hall–Kier alpha value is -2.79. The van der Waals surface area contributed by atoms with Crippen LogP contribution in [0.25, 0.3) is 6.08 Å². The Balaban J connectivity index is 2.75. The van der Waals surface area contributed by atoms with E-state index in [-0.39, 0.29) is 5.75 Å². The fraction of sp³-hybridized carbons (Fsp3) is 0.375. The number of nitriles is 1. The van der Waals surface area contributed by atoms with E-state index in [0.29, 0.717) is 22.8 Å². The molecular formula is C24H26F3NO3S. The second-order valence-corrected chi connectivity index (χ2v) is 11.5. The van der Waals surface area contributed by atoms with E-state index in [0.717, 1.165) is 24.3 Å². The van der Waals surface area contributed by atoms with E-state index in [4.69, 9.17) is 0 Å². The molecule has 0 bridgehead atoms. The van der Waals surface area contributed by atoms with Crippen LogP contribution in [0.4, 0.5) is 13.2 Å². The van der Waals surface area contributed by atoms with Crippen molar-refractivity contribution in [2.75, 3.05) is 0 Å². The monoisotopic (exact) mass is 465 g/mol. The maximum Gasteiger partial charge on any atom is 0.416 e. The van der Waals surface area contributed by atoms with Gasteiger partial charge in [0.25, 0.3) is 0 Å². The Labute approximate surface area is 186 Å². The number of alkyl halides is 3. The fourth-order valence-corrected chi connectivity index (χ4v) is 4.38. The first-order valence-corrected chi connectivity index (χ1v) is 11.3. The molecule has 0 amide bonds. The van der Waals surface area contributed by atoms with Crippen LogP contribution in [0.5, 0.6) is 5.75 Å². The summed E-state index contributed by atoms with van der Waals surface area (Å²) in [5.41, 5.74) is -0.619. The molecule has 0 aliphatic rings. The highest BCUT2D eigenvalue weighted by atomic mass is 32.2. The van der Waals surface area contributed by atoms with Crippen LogP contribution in [-0.4, -0.2) is 13.5 Å². The number of hydrogen-bond donors (Lipinski definition) is 1. The van der Waals surface area contributed by atoms with Gasteiger partial charge in [-0.05, 0) is 52.8 Å². The quantitative estimate of drug-likeness (QED) is 0.536. The predicted octanol–water partition coefficient (Wildman–Crippen LogP) is 6.34. The van der Waals surface area contributed by atoms with Crippen molar-refractivity contribution in [3.8, 4) is 11.8 Å². The zero-order valence-electron chi connectivity index (χ0n) is 18.8. The maximum absolute atomic E-state index is 13.0. The Kier molecular flexibility index (Phi) is 6.59. The molecule has 8 heteroatoms. The van der Waals surface area contributed by atoms with Crippen molar-refractivity contribution in [1.82, 2.24) is 0 Å². The lowest BCUT2D eigenvalue weighted by Crippen LogP contribution is -2.17. The maximum atomic E-state index is 13.0. The third-order valence-corrected chi connectivity index (χ3v) is 6.58. The second kappa shape index (κ2) is 8.28. The van der Waals surface area contributed by atoms with Crippen LogP contribution in [0.2, 0.25) is 0 Å². The van der Waals surface area contributed by atoms with Crippen molar-refractivity contribution in [3.63, 3.8) is 0 Å². The summed E-state index contributed by atoms with van der Waals surface area (Å²) in [6.45, 7) is 11.3. The molecule has 0 atom stereocenters. The summed E-state index contributed by atoms with van der Waals surface area (Å²) in [5, 5.41) is 20.4. The highest BCUT2D eigenvalue weighted by Crippen LogP contribution is 2.40. The first-order chi connectivity index (χ1) is 14.4. The summed E-state index contributed by atoms with van der Waals surface area (Å²) in [6.07, 6.45) is -3.60. The molecule has 0 aromatic heterocycles. The van der Waals surface area contributed by atoms with Crippen molar-refractivity contribution in [2.45, 2.75) is 63.4 Å². The van der Waals surface area contributed by atoms with Crippen LogP contribution in [-0.2, 0) is 26.8 Å². The van der Waals surface area contributed by atoms with Gasteiger partial charge in [-0.3, -0.25) is 0 Å². The van der Waals surface area contributed by atoms with Crippen LogP contribution in [0.1, 0.15) is 63.8 Å². The molecule has 0 aliphatic heterocycles. The molecule has 0 saturated heterocycles. The standard InChI is InChI=1S/C24H26F3NO3S/c1-22(2,3)19-11-15(12-20(21(19)29)23(4,5)6)10-18(14-28)32(30,31)17-9-7-8-16(13-17)24(25,26)27/h7-13,29H,1-6H3/b18-10+. The summed E-state index contributed by atoms with van der Waals surface area (Å²) in [6, 6.07) is 8.07. The summed E-state index contributed by atoms with van der Waals surface area (Å²) in [7, 11) is -4.50. The van der Waals surface area contributed by atoms with Crippen LogP contribution < -0.4 is 0 Å². The van der Waals surface area contributed by atoms with Crippen molar-refractivity contribution < 1.29 is 26.7 Å². The zero-order valence-corrected chi connectivity index (χ0v) is 19.6. The van der Waals surface area contributed by atoms with Crippen LogP contribution in [0.3, 0.4) is 0 Å². The molecule has 32 heavy (non-hydrogen) atoms. The third-order valence-electron chi connectivity index (χ3n) is 4.92. The molecular weight excluding hydrogens is 439 g/mol. The molecule has 0 fully saturated rings. The lowest BCUT2D eigenvalue weighted by molar-refractivity contribution is -0.137. The van der Waals surface area contributed by atoms with Gasteiger partial charge in [-0.1, -0.05) is 47.6 Å². The first kappa shape index (κ1) is 25.5. The van der Waals surface area contributed by atoms with E-state index >= 15 is 0 Å². The Morgan fingerprint density at radius 2 is 1.47 bits per heavy atom. The van der Waals surface area contributed by atoms with Gasteiger partial charge in [-0.25, -0.2) is 8.42 Å². The van der Waals surface area contributed by atoms with Gasteiger partial charge in [-0.15, -0.1) is 0 Å². The molecule has 0 aliphatic carbocycles. The normalized spacial score (nSPS) is 13.7.